The maximum absolute atomic E-state index is 13.6. The van der Waals surface area contributed by atoms with Gasteiger partial charge in [-0.05, 0) is 31.0 Å². The maximum Gasteiger partial charge on any atom is 0.252 e. The summed E-state index contributed by atoms with van der Waals surface area (Å²) in [6, 6.07) is 16.0. The van der Waals surface area contributed by atoms with E-state index in [1.807, 2.05) is 24.3 Å². The predicted octanol–water partition coefficient (Wildman–Crippen LogP) is 3.94. The van der Waals surface area contributed by atoms with Crippen LogP contribution in [0.1, 0.15) is 28.8 Å². The fourth-order valence-corrected chi connectivity index (χ4v) is 3.88. The van der Waals surface area contributed by atoms with Gasteiger partial charge in [0.25, 0.3) is 5.91 Å². The number of hydrogen-bond acceptors (Lipinski definition) is 5. The number of hydrogen-bond donors (Lipinski definition) is 2. The number of amides is 1. The molecule has 0 aliphatic heterocycles. The highest BCUT2D eigenvalue weighted by molar-refractivity contribution is 7.99. The van der Waals surface area contributed by atoms with Crippen molar-refractivity contribution in [3.05, 3.63) is 71.5 Å². The third kappa shape index (κ3) is 5.36. The van der Waals surface area contributed by atoms with E-state index < -0.39 is 6.10 Å². The van der Waals surface area contributed by atoms with Crippen LogP contribution in [0.4, 0.5) is 4.39 Å². The van der Waals surface area contributed by atoms with Crippen LogP contribution < -0.4 is 5.32 Å². The van der Waals surface area contributed by atoms with E-state index in [4.69, 9.17) is 4.74 Å². The highest BCUT2D eigenvalue weighted by Crippen LogP contribution is 2.26. The molecule has 1 heterocycles. The van der Waals surface area contributed by atoms with Gasteiger partial charge in [0, 0.05) is 22.7 Å². The number of aliphatic hydroxyl groups excluding tert-OH is 1. The van der Waals surface area contributed by atoms with E-state index in [9.17, 15) is 14.3 Å². The molecule has 1 atom stereocenters. The molecule has 1 aliphatic rings. The lowest BCUT2D eigenvalue weighted by atomic mass is 10.1. The monoisotopic (exact) mass is 426 g/mol. The number of nitrogens with one attached hydrogen (secondary N) is 1. The second-order valence-corrected chi connectivity index (χ2v) is 8.38. The zero-order valence-electron chi connectivity index (χ0n) is 16.4. The summed E-state index contributed by atoms with van der Waals surface area (Å²) in [5.74, 6) is -0.0582. The van der Waals surface area contributed by atoms with Crippen molar-refractivity contribution in [3.8, 4) is 0 Å². The minimum atomic E-state index is -0.737. The van der Waals surface area contributed by atoms with Gasteiger partial charge >= 0.3 is 0 Å². The molecule has 3 aromatic rings. The van der Waals surface area contributed by atoms with Crippen molar-refractivity contribution in [2.45, 2.75) is 36.6 Å². The molecular weight excluding hydrogens is 403 g/mol. The van der Waals surface area contributed by atoms with Crippen molar-refractivity contribution in [2.24, 2.45) is 0 Å². The van der Waals surface area contributed by atoms with Crippen LogP contribution in [0.15, 0.2) is 59.6 Å². The number of nitrogens with zero attached hydrogens (tertiary/aromatic N) is 1. The Balaban J connectivity index is 1.37. The van der Waals surface area contributed by atoms with E-state index in [0.29, 0.717) is 21.9 Å². The molecule has 0 bridgehead atoms. The summed E-state index contributed by atoms with van der Waals surface area (Å²) in [5.41, 5.74) is 1.80. The molecule has 0 radical (unpaired) electrons. The van der Waals surface area contributed by atoms with Gasteiger partial charge < -0.3 is 15.2 Å². The standard InChI is InChI=1S/C23H23FN2O3S/c24-20-7-3-1-5-15(20)12-29-13-17(27)14-30-22-11-19(23(28)25-16-9-10-16)18-6-2-4-8-21(18)26-22/h1-8,11,16-17,27H,9-10,12-14H2,(H,25,28). The van der Waals surface area contributed by atoms with Gasteiger partial charge in [0.2, 0.25) is 0 Å². The van der Waals surface area contributed by atoms with Gasteiger partial charge in [0.15, 0.2) is 0 Å². The Hall–Kier alpha value is -2.48. The van der Waals surface area contributed by atoms with Crippen LogP contribution in [-0.2, 0) is 11.3 Å². The topological polar surface area (TPSA) is 71.5 Å². The van der Waals surface area contributed by atoms with Gasteiger partial charge in [-0.1, -0.05) is 36.4 Å². The average molecular weight is 427 g/mol. The zero-order chi connectivity index (χ0) is 20.9. The van der Waals surface area contributed by atoms with E-state index in [1.54, 1.807) is 24.3 Å². The van der Waals surface area contributed by atoms with Crippen LogP contribution in [0.25, 0.3) is 10.9 Å². The molecule has 156 valence electrons. The molecule has 0 spiro atoms. The van der Waals surface area contributed by atoms with Crippen molar-refractivity contribution in [2.75, 3.05) is 12.4 Å². The van der Waals surface area contributed by atoms with E-state index >= 15 is 0 Å². The van der Waals surface area contributed by atoms with Gasteiger partial charge in [0.05, 0.1) is 35.4 Å². The Morgan fingerprint density at radius 1 is 1.23 bits per heavy atom. The predicted molar refractivity (Wildman–Crippen MR) is 115 cm³/mol. The summed E-state index contributed by atoms with van der Waals surface area (Å²) < 4.78 is 19.1. The van der Waals surface area contributed by atoms with E-state index in [0.717, 1.165) is 23.7 Å². The number of carbonyl (C=O) groups is 1. The Morgan fingerprint density at radius 3 is 2.80 bits per heavy atom. The zero-order valence-corrected chi connectivity index (χ0v) is 17.2. The van der Waals surface area contributed by atoms with Crippen LogP contribution in [0.3, 0.4) is 0 Å². The molecule has 1 fully saturated rings. The quantitative estimate of drug-likeness (QED) is 0.507. The molecule has 7 heteroatoms. The molecule has 2 N–H and O–H groups in total. The summed E-state index contributed by atoms with van der Waals surface area (Å²) in [6.45, 7) is 0.193. The second kappa shape index (κ2) is 9.55. The lowest BCUT2D eigenvalue weighted by molar-refractivity contribution is 0.0387. The van der Waals surface area contributed by atoms with Crippen molar-refractivity contribution in [3.63, 3.8) is 0 Å². The molecule has 0 saturated heterocycles. The minimum Gasteiger partial charge on any atom is -0.390 e. The van der Waals surface area contributed by atoms with Crippen molar-refractivity contribution >= 4 is 28.6 Å². The van der Waals surface area contributed by atoms with E-state index in [1.165, 1.54) is 17.8 Å². The second-order valence-electron chi connectivity index (χ2n) is 7.34. The normalized spacial score (nSPS) is 14.6. The Morgan fingerprint density at radius 2 is 2.00 bits per heavy atom. The average Bonchev–Trinajstić information content (AvgIpc) is 3.57. The SMILES string of the molecule is O=C(NC1CC1)c1cc(SCC(O)COCc2ccccc2F)nc2ccccc12. The summed E-state index contributed by atoms with van der Waals surface area (Å²) in [6.07, 6.45) is 1.31. The Kier molecular flexibility index (Phi) is 6.62. The number of rotatable bonds is 9. The lowest BCUT2D eigenvalue weighted by Crippen LogP contribution is -2.25. The molecule has 5 nitrogen and oxygen atoms in total. The molecule has 30 heavy (non-hydrogen) atoms. The first-order chi connectivity index (χ1) is 14.6. The summed E-state index contributed by atoms with van der Waals surface area (Å²) in [7, 11) is 0. The summed E-state index contributed by atoms with van der Waals surface area (Å²) >= 11 is 1.36. The largest absolute Gasteiger partial charge is 0.390 e. The molecule has 1 aliphatic carbocycles. The number of pyridine rings is 1. The summed E-state index contributed by atoms with van der Waals surface area (Å²) in [4.78, 5) is 17.3. The van der Waals surface area contributed by atoms with Crippen LogP contribution in [0.5, 0.6) is 0 Å². The number of halogens is 1. The number of aliphatic hydroxyl groups is 1. The number of carbonyl (C=O) groups excluding carboxylic acids is 1. The molecule has 2 aromatic carbocycles. The van der Waals surface area contributed by atoms with Crippen LogP contribution >= 0.6 is 11.8 Å². The van der Waals surface area contributed by atoms with Crippen LogP contribution in [-0.4, -0.2) is 40.5 Å². The smallest absolute Gasteiger partial charge is 0.252 e. The van der Waals surface area contributed by atoms with E-state index in [-0.39, 0.29) is 31.0 Å². The first-order valence-electron chi connectivity index (χ1n) is 9.93. The highest BCUT2D eigenvalue weighted by Gasteiger charge is 2.25. The van der Waals surface area contributed by atoms with Gasteiger partial charge in [-0.2, -0.15) is 0 Å². The number of ether oxygens (including phenoxy) is 1. The molecular formula is C23H23FN2O3S. The maximum atomic E-state index is 13.6. The highest BCUT2D eigenvalue weighted by atomic mass is 32.2. The first-order valence-corrected chi connectivity index (χ1v) is 10.9. The van der Waals surface area contributed by atoms with Gasteiger partial charge in [-0.15, -0.1) is 11.8 Å². The fraction of sp³-hybridized carbons (Fsp3) is 0.304. The molecule has 1 amide bonds. The van der Waals surface area contributed by atoms with Crippen molar-refractivity contribution < 1.29 is 19.0 Å². The molecule has 1 saturated carbocycles. The van der Waals surface area contributed by atoms with Crippen LogP contribution in [0.2, 0.25) is 0 Å². The minimum absolute atomic E-state index is 0.0872. The first kappa shape index (κ1) is 20.8. The molecule has 4 rings (SSSR count). The van der Waals surface area contributed by atoms with Gasteiger partial charge in [-0.3, -0.25) is 4.79 Å². The number of benzene rings is 2. The number of aromatic nitrogens is 1. The number of thioether (sulfide) groups is 1. The van der Waals surface area contributed by atoms with Crippen LogP contribution in [0, 0.1) is 5.82 Å². The lowest BCUT2D eigenvalue weighted by Gasteiger charge is -2.13. The summed E-state index contributed by atoms with van der Waals surface area (Å²) in [5, 5.41) is 14.7. The third-order valence-corrected chi connectivity index (χ3v) is 5.86. The van der Waals surface area contributed by atoms with Crippen molar-refractivity contribution in [1.82, 2.24) is 10.3 Å². The van der Waals surface area contributed by atoms with Crippen molar-refractivity contribution in [1.29, 1.82) is 0 Å². The Bertz CT molecular complexity index is 1040. The molecule has 1 unspecified atom stereocenters. The number of fused-ring (bicyclic) bond motifs is 1. The third-order valence-electron chi connectivity index (χ3n) is 4.80. The molecule has 1 aromatic heterocycles. The fourth-order valence-electron chi connectivity index (χ4n) is 3.05. The van der Waals surface area contributed by atoms with E-state index in [2.05, 4.69) is 10.3 Å². The Labute approximate surface area is 178 Å². The van der Waals surface area contributed by atoms with Gasteiger partial charge in [-0.25, -0.2) is 9.37 Å². The number of para-hydroxylation sites is 1. The van der Waals surface area contributed by atoms with Gasteiger partial charge in [0.1, 0.15) is 5.82 Å².